The van der Waals surface area contributed by atoms with Crippen molar-refractivity contribution in [2.45, 2.75) is 39.2 Å². The minimum Gasteiger partial charge on any atom is -0.357 e. The zero-order chi connectivity index (χ0) is 19.6. The van der Waals surface area contributed by atoms with Gasteiger partial charge in [0.2, 0.25) is 0 Å². The Morgan fingerprint density at radius 2 is 1.86 bits per heavy atom. The smallest absolute Gasteiger partial charge is 0.191 e. The molecule has 1 aromatic carbocycles. The van der Waals surface area contributed by atoms with Gasteiger partial charge in [0, 0.05) is 39.4 Å². The van der Waals surface area contributed by atoms with Crippen molar-refractivity contribution in [3.63, 3.8) is 0 Å². The van der Waals surface area contributed by atoms with Crippen molar-refractivity contribution in [1.29, 1.82) is 0 Å². The molecule has 5 nitrogen and oxygen atoms in total. The number of aliphatic imine (C=N–C) groups is 1. The lowest BCUT2D eigenvalue weighted by atomic mass is 9.99. The topological polar surface area (TPSA) is 52.6 Å². The second-order valence-corrected chi connectivity index (χ2v) is 7.64. The normalized spacial score (nSPS) is 15.5. The van der Waals surface area contributed by atoms with Crippen LogP contribution in [0.4, 0.5) is 5.82 Å². The second-order valence-electron chi connectivity index (χ2n) is 7.64. The number of aromatic nitrogens is 1. The summed E-state index contributed by atoms with van der Waals surface area (Å²) in [6.07, 6.45) is 6.65. The van der Waals surface area contributed by atoms with Crippen LogP contribution in [0, 0.1) is 5.92 Å². The summed E-state index contributed by atoms with van der Waals surface area (Å²) in [7, 11) is 1.81. The van der Waals surface area contributed by atoms with E-state index in [1.165, 1.54) is 24.0 Å². The molecule has 0 saturated carbocycles. The number of aryl methyl sites for hydroxylation is 1. The molecule has 2 heterocycles. The first-order valence-electron chi connectivity index (χ1n) is 10.4. The Morgan fingerprint density at radius 1 is 1.07 bits per heavy atom. The predicted octanol–water partition coefficient (Wildman–Crippen LogP) is 3.62. The summed E-state index contributed by atoms with van der Waals surface area (Å²) in [5.41, 5.74) is 2.54. The van der Waals surface area contributed by atoms with E-state index in [-0.39, 0.29) is 0 Å². The molecule has 0 radical (unpaired) electrons. The summed E-state index contributed by atoms with van der Waals surface area (Å²) in [6.45, 7) is 6.19. The van der Waals surface area contributed by atoms with Crippen LogP contribution in [-0.4, -0.2) is 37.6 Å². The van der Waals surface area contributed by atoms with Crippen LogP contribution in [-0.2, 0) is 13.0 Å². The molecule has 3 rings (SSSR count). The van der Waals surface area contributed by atoms with E-state index in [9.17, 15) is 0 Å². The molecule has 0 atom stereocenters. The maximum Gasteiger partial charge on any atom is 0.191 e. The number of benzene rings is 1. The van der Waals surface area contributed by atoms with Crippen molar-refractivity contribution in [2.75, 3.05) is 31.6 Å². The fourth-order valence-electron chi connectivity index (χ4n) is 3.50. The summed E-state index contributed by atoms with van der Waals surface area (Å²) in [5, 5.41) is 6.76. The van der Waals surface area contributed by atoms with Crippen LogP contribution in [0.25, 0.3) is 0 Å². The number of hydrogen-bond acceptors (Lipinski definition) is 3. The maximum absolute atomic E-state index is 4.67. The third kappa shape index (κ3) is 6.25. The highest BCUT2D eigenvalue weighted by Gasteiger charge is 2.16. The molecule has 0 unspecified atom stereocenters. The van der Waals surface area contributed by atoms with Crippen molar-refractivity contribution in [1.82, 2.24) is 15.6 Å². The quantitative estimate of drug-likeness (QED) is 0.438. The number of nitrogens with zero attached hydrogens (tertiary/aromatic N) is 3. The summed E-state index contributed by atoms with van der Waals surface area (Å²) < 4.78 is 0. The fourth-order valence-corrected chi connectivity index (χ4v) is 3.50. The van der Waals surface area contributed by atoms with Gasteiger partial charge in [-0.3, -0.25) is 4.99 Å². The molecule has 2 aromatic rings. The molecule has 1 aliphatic rings. The largest absolute Gasteiger partial charge is 0.357 e. The Balaban J connectivity index is 1.38. The molecule has 1 aliphatic heterocycles. The Bertz CT molecular complexity index is 718. The summed E-state index contributed by atoms with van der Waals surface area (Å²) in [5.74, 6) is 2.77. The van der Waals surface area contributed by atoms with Gasteiger partial charge in [-0.25, -0.2) is 4.98 Å². The molecule has 1 fully saturated rings. The molecule has 0 spiro atoms. The molecule has 5 heteroatoms. The number of guanidine groups is 1. The van der Waals surface area contributed by atoms with Crippen LogP contribution in [0.15, 0.2) is 53.7 Å². The number of piperidine rings is 1. The molecule has 150 valence electrons. The first-order chi connectivity index (χ1) is 13.7. The van der Waals surface area contributed by atoms with Gasteiger partial charge in [0.25, 0.3) is 0 Å². The standard InChI is InChI=1S/C23H33N5/c1-19-12-15-28(16-13-19)22-11-10-21(17-26-22)18-27-23(24-2)25-14-6-9-20-7-4-3-5-8-20/h3-5,7-8,10-11,17,19H,6,9,12-16,18H2,1-2H3,(H2,24,25,27). The van der Waals surface area contributed by atoms with Gasteiger partial charge in [-0.05, 0) is 48.8 Å². The average Bonchev–Trinajstić information content (AvgIpc) is 2.75. The van der Waals surface area contributed by atoms with Crippen molar-refractivity contribution < 1.29 is 0 Å². The zero-order valence-corrected chi connectivity index (χ0v) is 17.2. The Hall–Kier alpha value is -2.56. The molecule has 1 saturated heterocycles. The minimum atomic E-state index is 0.725. The molecular formula is C23H33N5. The van der Waals surface area contributed by atoms with Gasteiger partial charge in [-0.2, -0.15) is 0 Å². The van der Waals surface area contributed by atoms with Crippen LogP contribution < -0.4 is 15.5 Å². The van der Waals surface area contributed by atoms with Gasteiger partial charge in [-0.1, -0.05) is 43.3 Å². The van der Waals surface area contributed by atoms with Gasteiger partial charge < -0.3 is 15.5 Å². The van der Waals surface area contributed by atoms with Crippen LogP contribution >= 0.6 is 0 Å². The van der Waals surface area contributed by atoms with Crippen LogP contribution in [0.2, 0.25) is 0 Å². The Labute approximate surface area is 169 Å². The van der Waals surface area contributed by atoms with E-state index < -0.39 is 0 Å². The lowest BCUT2D eigenvalue weighted by molar-refractivity contribution is 0.436. The van der Waals surface area contributed by atoms with E-state index in [2.05, 4.69) is 74.9 Å². The van der Waals surface area contributed by atoms with Crippen LogP contribution in [0.5, 0.6) is 0 Å². The number of rotatable bonds is 7. The first-order valence-corrected chi connectivity index (χ1v) is 10.4. The third-order valence-corrected chi connectivity index (χ3v) is 5.38. The molecular weight excluding hydrogens is 346 g/mol. The van der Waals surface area contributed by atoms with Crippen LogP contribution in [0.3, 0.4) is 0 Å². The second kappa shape index (κ2) is 10.7. The minimum absolute atomic E-state index is 0.725. The van der Waals surface area contributed by atoms with Gasteiger partial charge in [0.1, 0.15) is 5.82 Å². The highest BCUT2D eigenvalue weighted by Crippen LogP contribution is 2.21. The molecule has 1 aromatic heterocycles. The molecule has 0 bridgehead atoms. The zero-order valence-electron chi connectivity index (χ0n) is 17.2. The number of pyridine rings is 1. The van der Waals surface area contributed by atoms with E-state index in [4.69, 9.17) is 0 Å². The van der Waals surface area contributed by atoms with E-state index in [0.717, 1.165) is 56.7 Å². The summed E-state index contributed by atoms with van der Waals surface area (Å²) >= 11 is 0. The maximum atomic E-state index is 4.67. The predicted molar refractivity (Wildman–Crippen MR) is 118 cm³/mol. The molecule has 28 heavy (non-hydrogen) atoms. The number of anilines is 1. The van der Waals surface area contributed by atoms with Crippen LogP contribution in [0.1, 0.15) is 37.3 Å². The van der Waals surface area contributed by atoms with E-state index in [0.29, 0.717) is 0 Å². The monoisotopic (exact) mass is 379 g/mol. The summed E-state index contributed by atoms with van der Waals surface area (Å²) in [6, 6.07) is 14.9. The lowest BCUT2D eigenvalue weighted by Crippen LogP contribution is -2.37. The van der Waals surface area contributed by atoms with Crippen molar-refractivity contribution >= 4 is 11.8 Å². The van der Waals surface area contributed by atoms with Crippen molar-refractivity contribution in [2.24, 2.45) is 10.9 Å². The summed E-state index contributed by atoms with van der Waals surface area (Å²) in [4.78, 5) is 11.4. The Morgan fingerprint density at radius 3 is 2.54 bits per heavy atom. The lowest BCUT2D eigenvalue weighted by Gasteiger charge is -2.31. The third-order valence-electron chi connectivity index (χ3n) is 5.38. The fraction of sp³-hybridized carbons (Fsp3) is 0.478. The highest BCUT2D eigenvalue weighted by atomic mass is 15.2. The van der Waals surface area contributed by atoms with Gasteiger partial charge in [-0.15, -0.1) is 0 Å². The Kier molecular flexibility index (Phi) is 7.71. The molecule has 2 N–H and O–H groups in total. The number of nitrogens with one attached hydrogen (secondary N) is 2. The SMILES string of the molecule is CN=C(NCCCc1ccccc1)NCc1ccc(N2CCC(C)CC2)nc1. The average molecular weight is 380 g/mol. The van der Waals surface area contributed by atoms with E-state index in [1.807, 2.05) is 13.2 Å². The van der Waals surface area contributed by atoms with Gasteiger partial charge in [0.05, 0.1) is 0 Å². The van der Waals surface area contributed by atoms with E-state index in [1.54, 1.807) is 0 Å². The van der Waals surface area contributed by atoms with Gasteiger partial charge >= 0.3 is 0 Å². The first kappa shape index (κ1) is 20.2. The van der Waals surface area contributed by atoms with Crippen molar-refractivity contribution in [3.05, 3.63) is 59.8 Å². The van der Waals surface area contributed by atoms with E-state index >= 15 is 0 Å². The van der Waals surface area contributed by atoms with Gasteiger partial charge in [0.15, 0.2) is 5.96 Å². The highest BCUT2D eigenvalue weighted by molar-refractivity contribution is 5.79. The molecule has 0 amide bonds. The molecule has 0 aliphatic carbocycles. The van der Waals surface area contributed by atoms with Crippen molar-refractivity contribution in [3.8, 4) is 0 Å². The number of hydrogen-bond donors (Lipinski definition) is 2.